The Labute approximate surface area is 102 Å². The Hall–Kier alpha value is -1.57. The minimum Gasteiger partial charge on any atom is -0.480 e. The predicted molar refractivity (Wildman–Crippen MR) is 60.2 cm³/mol. The molecule has 1 N–H and O–H groups in total. The molecule has 92 valence electrons. The zero-order chi connectivity index (χ0) is 12.4. The number of rotatable bonds is 3. The average molecular weight is 256 g/mol. The molecule has 0 saturated carbocycles. The second kappa shape index (κ2) is 4.74. The molecule has 0 radical (unpaired) electrons. The van der Waals surface area contributed by atoms with E-state index in [2.05, 4.69) is 10.3 Å². The van der Waals surface area contributed by atoms with E-state index in [1.54, 1.807) is 6.20 Å². The van der Waals surface area contributed by atoms with Crippen molar-refractivity contribution in [1.82, 2.24) is 19.9 Å². The van der Waals surface area contributed by atoms with E-state index in [4.69, 9.17) is 5.11 Å². The number of nitrogens with zero attached hydrogens (tertiary/aromatic N) is 4. The number of carboxylic acid groups (broad SMARTS) is 1. The van der Waals surface area contributed by atoms with E-state index in [0.717, 1.165) is 0 Å². The van der Waals surface area contributed by atoms with Crippen molar-refractivity contribution >= 4 is 23.6 Å². The average Bonchev–Trinajstić information content (AvgIpc) is 2.86. The standard InChI is InChI=1S/C9H12N4O3S/c1-6-13(7(5-17-6)9(15)16)8(14)4-12-3-2-10-11-12/h2-3,6-7H,4-5H2,1H3,(H,15,16). The Morgan fingerprint density at radius 2 is 2.35 bits per heavy atom. The number of hydrogen-bond donors (Lipinski definition) is 1. The van der Waals surface area contributed by atoms with E-state index in [-0.39, 0.29) is 17.8 Å². The van der Waals surface area contributed by atoms with Gasteiger partial charge in [0, 0.05) is 11.9 Å². The summed E-state index contributed by atoms with van der Waals surface area (Å²) in [7, 11) is 0. The van der Waals surface area contributed by atoms with Crippen LogP contribution in [0.5, 0.6) is 0 Å². The van der Waals surface area contributed by atoms with Crippen LogP contribution in [0.3, 0.4) is 0 Å². The van der Waals surface area contributed by atoms with E-state index in [1.165, 1.54) is 27.5 Å². The molecular weight excluding hydrogens is 244 g/mol. The summed E-state index contributed by atoms with van der Waals surface area (Å²) in [6.07, 6.45) is 3.05. The highest BCUT2D eigenvalue weighted by Crippen LogP contribution is 2.28. The van der Waals surface area contributed by atoms with E-state index >= 15 is 0 Å². The van der Waals surface area contributed by atoms with Gasteiger partial charge in [0.05, 0.1) is 11.6 Å². The third-order valence-corrected chi connectivity index (χ3v) is 3.78. The largest absolute Gasteiger partial charge is 0.480 e. The Morgan fingerprint density at radius 3 is 2.94 bits per heavy atom. The summed E-state index contributed by atoms with van der Waals surface area (Å²) >= 11 is 1.46. The third kappa shape index (κ3) is 2.41. The van der Waals surface area contributed by atoms with Gasteiger partial charge in [-0.05, 0) is 6.92 Å². The number of carboxylic acids is 1. The van der Waals surface area contributed by atoms with Gasteiger partial charge in [-0.2, -0.15) is 0 Å². The van der Waals surface area contributed by atoms with Crippen molar-refractivity contribution in [3.63, 3.8) is 0 Å². The van der Waals surface area contributed by atoms with Crippen LogP contribution in [0.4, 0.5) is 0 Å². The molecule has 1 aliphatic heterocycles. The summed E-state index contributed by atoms with van der Waals surface area (Å²) in [5, 5.41) is 16.2. The summed E-state index contributed by atoms with van der Waals surface area (Å²) in [5.74, 6) is -0.784. The fourth-order valence-corrected chi connectivity index (χ4v) is 2.94. The lowest BCUT2D eigenvalue weighted by molar-refractivity contribution is -0.149. The molecule has 2 rings (SSSR count). The number of carbonyl (C=O) groups is 2. The Balaban J connectivity index is 2.09. The first-order valence-electron chi connectivity index (χ1n) is 5.09. The number of aromatic nitrogens is 3. The van der Waals surface area contributed by atoms with Gasteiger partial charge in [-0.1, -0.05) is 5.21 Å². The molecular formula is C9H12N4O3S. The Morgan fingerprint density at radius 1 is 1.59 bits per heavy atom. The van der Waals surface area contributed by atoms with Crippen molar-refractivity contribution in [2.24, 2.45) is 0 Å². The van der Waals surface area contributed by atoms with Gasteiger partial charge in [0.15, 0.2) is 0 Å². The van der Waals surface area contributed by atoms with Crippen molar-refractivity contribution < 1.29 is 14.7 Å². The predicted octanol–water partition coefficient (Wildman–Crippen LogP) is -0.347. The molecule has 1 saturated heterocycles. The number of amides is 1. The van der Waals surface area contributed by atoms with Crippen LogP contribution in [-0.4, -0.2) is 54.0 Å². The maximum Gasteiger partial charge on any atom is 0.327 e. The molecule has 0 aromatic carbocycles. The molecule has 1 amide bonds. The highest BCUT2D eigenvalue weighted by Gasteiger charge is 2.39. The van der Waals surface area contributed by atoms with Crippen LogP contribution < -0.4 is 0 Å². The smallest absolute Gasteiger partial charge is 0.327 e. The molecule has 1 aromatic rings. The maximum absolute atomic E-state index is 12.0. The zero-order valence-corrected chi connectivity index (χ0v) is 10.0. The van der Waals surface area contributed by atoms with Gasteiger partial charge in [-0.15, -0.1) is 16.9 Å². The second-order valence-electron chi connectivity index (χ2n) is 3.69. The first-order valence-corrected chi connectivity index (χ1v) is 6.14. The fourth-order valence-electron chi connectivity index (χ4n) is 1.75. The third-order valence-electron chi connectivity index (χ3n) is 2.57. The van der Waals surface area contributed by atoms with Crippen molar-refractivity contribution in [2.45, 2.75) is 24.9 Å². The number of carbonyl (C=O) groups excluding carboxylic acids is 1. The molecule has 1 aromatic heterocycles. The van der Waals surface area contributed by atoms with Crippen LogP contribution in [-0.2, 0) is 16.1 Å². The molecule has 0 aliphatic carbocycles. The first kappa shape index (κ1) is 11.9. The molecule has 0 spiro atoms. The monoisotopic (exact) mass is 256 g/mol. The van der Waals surface area contributed by atoms with Gasteiger partial charge < -0.3 is 10.0 Å². The van der Waals surface area contributed by atoms with Gasteiger partial charge in [0.1, 0.15) is 12.6 Å². The van der Waals surface area contributed by atoms with Gasteiger partial charge in [-0.3, -0.25) is 4.79 Å². The minimum atomic E-state index is -0.964. The van der Waals surface area contributed by atoms with E-state index in [1.807, 2.05) is 6.92 Å². The normalized spacial score (nSPS) is 23.9. The summed E-state index contributed by atoms with van der Waals surface area (Å²) < 4.78 is 1.39. The van der Waals surface area contributed by atoms with Gasteiger partial charge in [0.25, 0.3) is 0 Å². The first-order chi connectivity index (χ1) is 8.09. The van der Waals surface area contributed by atoms with Gasteiger partial charge >= 0.3 is 5.97 Å². The Bertz CT molecular complexity index is 422. The topological polar surface area (TPSA) is 88.3 Å². The fraction of sp³-hybridized carbons (Fsp3) is 0.556. The second-order valence-corrected chi connectivity index (χ2v) is 5.04. The molecule has 17 heavy (non-hydrogen) atoms. The molecule has 0 bridgehead atoms. The minimum absolute atomic E-state index is 0.0225. The molecule has 1 aliphatic rings. The van der Waals surface area contributed by atoms with Crippen LogP contribution in [0.15, 0.2) is 12.4 Å². The van der Waals surface area contributed by atoms with Crippen molar-refractivity contribution in [3.05, 3.63) is 12.4 Å². The molecule has 1 fully saturated rings. The molecule has 8 heteroatoms. The zero-order valence-electron chi connectivity index (χ0n) is 9.18. The van der Waals surface area contributed by atoms with Crippen LogP contribution in [0.1, 0.15) is 6.92 Å². The number of thioether (sulfide) groups is 1. The molecule has 2 atom stereocenters. The quantitative estimate of drug-likeness (QED) is 0.795. The highest BCUT2D eigenvalue weighted by atomic mass is 32.2. The highest BCUT2D eigenvalue weighted by molar-refractivity contribution is 8.00. The van der Waals surface area contributed by atoms with Crippen molar-refractivity contribution in [3.8, 4) is 0 Å². The van der Waals surface area contributed by atoms with E-state index in [0.29, 0.717) is 5.75 Å². The van der Waals surface area contributed by atoms with Crippen LogP contribution in [0, 0.1) is 0 Å². The van der Waals surface area contributed by atoms with Gasteiger partial charge in [0.2, 0.25) is 5.91 Å². The van der Waals surface area contributed by atoms with E-state index < -0.39 is 12.0 Å². The number of aliphatic carboxylic acids is 1. The maximum atomic E-state index is 12.0. The summed E-state index contributed by atoms with van der Waals surface area (Å²) in [4.78, 5) is 24.4. The lowest BCUT2D eigenvalue weighted by Crippen LogP contribution is -2.46. The lowest BCUT2D eigenvalue weighted by Gasteiger charge is -2.24. The van der Waals surface area contributed by atoms with E-state index in [9.17, 15) is 9.59 Å². The lowest BCUT2D eigenvalue weighted by atomic mass is 10.3. The number of hydrogen-bond acceptors (Lipinski definition) is 5. The summed E-state index contributed by atoms with van der Waals surface area (Å²) in [6.45, 7) is 1.85. The SMILES string of the molecule is CC1SCC(C(=O)O)N1C(=O)Cn1ccnn1. The Kier molecular flexibility index (Phi) is 3.32. The van der Waals surface area contributed by atoms with Gasteiger partial charge in [-0.25, -0.2) is 9.48 Å². The van der Waals surface area contributed by atoms with Crippen LogP contribution >= 0.6 is 11.8 Å². The van der Waals surface area contributed by atoms with Crippen molar-refractivity contribution in [1.29, 1.82) is 0 Å². The van der Waals surface area contributed by atoms with Crippen molar-refractivity contribution in [2.75, 3.05) is 5.75 Å². The molecule has 2 heterocycles. The summed E-state index contributed by atoms with van der Waals surface area (Å²) in [5.41, 5.74) is 0. The molecule has 7 nitrogen and oxygen atoms in total. The van der Waals surface area contributed by atoms with Crippen LogP contribution in [0.25, 0.3) is 0 Å². The van der Waals surface area contributed by atoms with Crippen LogP contribution in [0.2, 0.25) is 0 Å². The molecule has 2 unspecified atom stereocenters. The summed E-state index contributed by atoms with van der Waals surface area (Å²) in [6, 6.07) is -0.744.